The van der Waals surface area contributed by atoms with Gasteiger partial charge < -0.3 is 4.74 Å². The summed E-state index contributed by atoms with van der Waals surface area (Å²) in [6.07, 6.45) is 11.9. The van der Waals surface area contributed by atoms with E-state index in [0.717, 1.165) is 23.6 Å². The molecule has 4 rings (SSSR count). The monoisotopic (exact) mass is 436 g/mol. The quantitative estimate of drug-likeness (QED) is 0.343. The molecule has 32 heavy (non-hydrogen) atoms. The minimum Gasteiger partial charge on any atom is -0.494 e. The first-order valence-corrected chi connectivity index (χ1v) is 12.1. The van der Waals surface area contributed by atoms with E-state index < -0.39 is 5.82 Å². The second-order valence-electron chi connectivity index (χ2n) is 9.40. The molecule has 0 amide bonds. The van der Waals surface area contributed by atoms with Gasteiger partial charge in [0.1, 0.15) is 5.82 Å². The van der Waals surface area contributed by atoms with E-state index in [0.29, 0.717) is 16.5 Å². The summed E-state index contributed by atoms with van der Waals surface area (Å²) in [6, 6.07) is 14.3. The summed E-state index contributed by atoms with van der Waals surface area (Å²) in [5.41, 5.74) is 2.20. The van der Waals surface area contributed by atoms with Crippen molar-refractivity contribution < 1.29 is 13.5 Å². The summed E-state index contributed by atoms with van der Waals surface area (Å²) >= 11 is 0. The predicted octanol–water partition coefficient (Wildman–Crippen LogP) is 8.72. The molecule has 0 unspecified atom stereocenters. The molecule has 0 N–H and O–H groups in total. The van der Waals surface area contributed by atoms with Gasteiger partial charge in [-0.05, 0) is 53.3 Å². The zero-order valence-electron chi connectivity index (χ0n) is 19.3. The maximum Gasteiger partial charge on any atom is 0.165 e. The SMILES string of the molecule is CCCCC1CCC(CCc2ccc3c(F)c(-c4ccc(OC)c(F)c4)ccc3c2)CC1. The van der Waals surface area contributed by atoms with Crippen molar-refractivity contribution >= 4 is 10.8 Å². The van der Waals surface area contributed by atoms with E-state index in [1.54, 1.807) is 12.1 Å². The van der Waals surface area contributed by atoms with Gasteiger partial charge in [0.05, 0.1) is 7.11 Å². The number of hydrogen-bond acceptors (Lipinski definition) is 1. The van der Waals surface area contributed by atoms with Crippen LogP contribution in [0, 0.1) is 23.5 Å². The van der Waals surface area contributed by atoms with Crippen LogP contribution in [-0.4, -0.2) is 7.11 Å². The summed E-state index contributed by atoms with van der Waals surface area (Å²) < 4.78 is 34.3. The van der Waals surface area contributed by atoms with Crippen LogP contribution >= 0.6 is 0 Å². The van der Waals surface area contributed by atoms with Gasteiger partial charge in [0.25, 0.3) is 0 Å². The number of halogens is 2. The van der Waals surface area contributed by atoms with Crippen LogP contribution in [0.2, 0.25) is 0 Å². The molecule has 1 saturated carbocycles. The van der Waals surface area contributed by atoms with Crippen molar-refractivity contribution in [3.63, 3.8) is 0 Å². The zero-order valence-corrected chi connectivity index (χ0v) is 19.3. The number of rotatable bonds is 8. The Balaban J connectivity index is 1.43. The van der Waals surface area contributed by atoms with Crippen LogP contribution in [0.1, 0.15) is 63.9 Å². The lowest BCUT2D eigenvalue weighted by molar-refractivity contribution is 0.250. The van der Waals surface area contributed by atoms with Crippen LogP contribution in [-0.2, 0) is 6.42 Å². The van der Waals surface area contributed by atoms with Crippen molar-refractivity contribution in [1.82, 2.24) is 0 Å². The van der Waals surface area contributed by atoms with E-state index in [1.165, 1.54) is 76.2 Å². The summed E-state index contributed by atoms with van der Waals surface area (Å²) in [7, 11) is 1.42. The largest absolute Gasteiger partial charge is 0.494 e. The molecule has 1 nitrogen and oxygen atoms in total. The Morgan fingerprint density at radius 3 is 2.31 bits per heavy atom. The van der Waals surface area contributed by atoms with Crippen LogP contribution in [0.25, 0.3) is 21.9 Å². The predicted molar refractivity (Wildman–Crippen MR) is 129 cm³/mol. The van der Waals surface area contributed by atoms with E-state index in [4.69, 9.17) is 4.74 Å². The van der Waals surface area contributed by atoms with E-state index in [-0.39, 0.29) is 11.6 Å². The minimum absolute atomic E-state index is 0.161. The van der Waals surface area contributed by atoms with Gasteiger partial charge in [-0.2, -0.15) is 0 Å². The second-order valence-corrected chi connectivity index (χ2v) is 9.40. The van der Waals surface area contributed by atoms with E-state index in [2.05, 4.69) is 19.1 Å². The minimum atomic E-state index is -0.487. The van der Waals surface area contributed by atoms with Crippen molar-refractivity contribution in [1.29, 1.82) is 0 Å². The average Bonchev–Trinajstić information content (AvgIpc) is 2.82. The molecule has 0 radical (unpaired) electrons. The smallest absolute Gasteiger partial charge is 0.165 e. The van der Waals surface area contributed by atoms with Crippen molar-refractivity contribution in [3.05, 3.63) is 65.7 Å². The number of unbranched alkanes of at least 4 members (excludes halogenated alkanes) is 1. The third-order valence-corrected chi connectivity index (χ3v) is 7.25. The van der Waals surface area contributed by atoms with Crippen LogP contribution in [0.5, 0.6) is 5.75 Å². The van der Waals surface area contributed by atoms with Gasteiger partial charge in [-0.1, -0.05) is 88.3 Å². The summed E-state index contributed by atoms with van der Waals surface area (Å²) in [5, 5.41) is 1.49. The molecule has 0 saturated heterocycles. The highest BCUT2D eigenvalue weighted by molar-refractivity contribution is 5.88. The summed E-state index contributed by atoms with van der Waals surface area (Å²) in [4.78, 5) is 0. The van der Waals surface area contributed by atoms with Crippen molar-refractivity contribution in [3.8, 4) is 16.9 Å². The maximum absolute atomic E-state index is 15.2. The maximum atomic E-state index is 15.2. The number of fused-ring (bicyclic) bond motifs is 1. The molecule has 0 spiro atoms. The molecular formula is C29H34F2O. The van der Waals surface area contributed by atoms with Crippen molar-refractivity contribution in [2.24, 2.45) is 11.8 Å². The molecule has 3 aromatic carbocycles. The first kappa shape index (κ1) is 22.8. The van der Waals surface area contributed by atoms with Gasteiger partial charge in [-0.15, -0.1) is 0 Å². The van der Waals surface area contributed by atoms with Crippen molar-refractivity contribution in [2.75, 3.05) is 7.11 Å². The lowest BCUT2D eigenvalue weighted by Gasteiger charge is -2.28. The summed E-state index contributed by atoms with van der Waals surface area (Å²) in [6.45, 7) is 2.28. The Kier molecular flexibility index (Phi) is 7.44. The number of benzene rings is 3. The molecule has 0 aromatic heterocycles. The summed E-state index contributed by atoms with van der Waals surface area (Å²) in [5.74, 6) is 1.15. The molecule has 3 heteroatoms. The number of aryl methyl sites for hydroxylation is 1. The highest BCUT2D eigenvalue weighted by Gasteiger charge is 2.20. The number of ether oxygens (including phenoxy) is 1. The van der Waals surface area contributed by atoms with Gasteiger partial charge in [0.2, 0.25) is 0 Å². The molecule has 0 heterocycles. The Morgan fingerprint density at radius 2 is 1.62 bits per heavy atom. The molecular weight excluding hydrogens is 402 g/mol. The van der Waals surface area contributed by atoms with Crippen LogP contribution in [0.4, 0.5) is 8.78 Å². The molecule has 3 aromatic rings. The third-order valence-electron chi connectivity index (χ3n) is 7.25. The molecule has 1 aliphatic rings. The lowest BCUT2D eigenvalue weighted by Crippen LogP contribution is -2.15. The molecule has 1 aliphatic carbocycles. The first-order chi connectivity index (χ1) is 15.6. The molecule has 0 bridgehead atoms. The fourth-order valence-electron chi connectivity index (χ4n) is 5.23. The Morgan fingerprint density at radius 1 is 0.875 bits per heavy atom. The first-order valence-electron chi connectivity index (χ1n) is 12.1. The molecule has 1 fully saturated rings. The second kappa shape index (κ2) is 10.5. The Labute approximate surface area is 190 Å². The van der Waals surface area contributed by atoms with E-state index in [9.17, 15) is 4.39 Å². The number of methoxy groups -OCH3 is 1. The van der Waals surface area contributed by atoms with Crippen LogP contribution < -0.4 is 4.74 Å². The van der Waals surface area contributed by atoms with Gasteiger partial charge in [-0.3, -0.25) is 0 Å². The van der Waals surface area contributed by atoms with E-state index in [1.807, 2.05) is 12.1 Å². The average molecular weight is 437 g/mol. The standard InChI is InChI=1S/C29H34F2O/c1-3-4-5-20-6-8-21(9-7-20)10-11-22-12-15-25-23(18-22)13-16-26(29(25)31)24-14-17-28(32-2)27(30)19-24/h12-21H,3-11H2,1-2H3. The Bertz CT molecular complexity index is 1050. The number of hydrogen-bond donors (Lipinski definition) is 0. The van der Waals surface area contributed by atoms with Gasteiger partial charge >= 0.3 is 0 Å². The fourth-order valence-corrected chi connectivity index (χ4v) is 5.23. The van der Waals surface area contributed by atoms with E-state index >= 15 is 4.39 Å². The highest BCUT2D eigenvalue weighted by atomic mass is 19.1. The third kappa shape index (κ3) is 5.14. The normalized spacial score (nSPS) is 18.8. The molecule has 0 atom stereocenters. The van der Waals surface area contributed by atoms with Crippen molar-refractivity contribution in [2.45, 2.75) is 64.7 Å². The highest BCUT2D eigenvalue weighted by Crippen LogP contribution is 2.35. The molecule has 0 aliphatic heterocycles. The van der Waals surface area contributed by atoms with Gasteiger partial charge in [-0.25, -0.2) is 8.78 Å². The van der Waals surface area contributed by atoms with Crippen LogP contribution in [0.3, 0.4) is 0 Å². The molecule has 170 valence electrons. The zero-order chi connectivity index (χ0) is 22.5. The topological polar surface area (TPSA) is 9.23 Å². The van der Waals surface area contributed by atoms with Gasteiger partial charge in [0.15, 0.2) is 11.6 Å². The fraction of sp³-hybridized carbons (Fsp3) is 0.448. The van der Waals surface area contributed by atoms with Crippen LogP contribution in [0.15, 0.2) is 48.5 Å². The van der Waals surface area contributed by atoms with Gasteiger partial charge in [0, 0.05) is 10.9 Å². The Hall–Kier alpha value is -2.42. The lowest BCUT2D eigenvalue weighted by atomic mass is 9.78.